The van der Waals surface area contributed by atoms with Crippen molar-refractivity contribution in [3.63, 3.8) is 0 Å². The zero-order chi connectivity index (χ0) is 10.4. The highest BCUT2D eigenvalue weighted by molar-refractivity contribution is 5.75. The number of hydrogen-bond donors (Lipinski definition) is 0. The Labute approximate surface area is 86.4 Å². The fourth-order valence-electron chi connectivity index (χ4n) is 1.79. The van der Waals surface area contributed by atoms with E-state index in [0.717, 1.165) is 32.2 Å². The van der Waals surface area contributed by atoms with Gasteiger partial charge in [0.25, 0.3) is 0 Å². The van der Waals surface area contributed by atoms with Crippen LogP contribution in [0.4, 0.5) is 0 Å². The van der Waals surface area contributed by atoms with Gasteiger partial charge in [0, 0.05) is 0 Å². The van der Waals surface area contributed by atoms with Gasteiger partial charge in [-0.25, -0.2) is 0 Å². The first-order valence-electron chi connectivity index (χ1n) is 5.62. The minimum absolute atomic E-state index is 0.0145. The Balaban J connectivity index is 2.27. The molecule has 0 saturated carbocycles. The molecule has 0 radical (unpaired) electrons. The highest BCUT2D eigenvalue weighted by Gasteiger charge is 2.26. The second kappa shape index (κ2) is 6.02. The third-order valence-electron chi connectivity index (χ3n) is 2.78. The highest BCUT2D eigenvalue weighted by Crippen LogP contribution is 2.16. The van der Waals surface area contributed by atoms with Crippen LogP contribution in [-0.4, -0.2) is 37.1 Å². The molecule has 0 N–H and O–H groups in total. The van der Waals surface area contributed by atoms with Gasteiger partial charge in [-0.3, -0.25) is 9.69 Å². The molecule has 14 heavy (non-hydrogen) atoms. The number of unbranched alkanes of at least 4 members (excludes halogenated alkanes) is 1. The van der Waals surface area contributed by atoms with Crippen LogP contribution in [0, 0.1) is 0 Å². The number of ether oxygens (including phenoxy) is 1. The average molecular weight is 199 g/mol. The van der Waals surface area contributed by atoms with Gasteiger partial charge in [-0.1, -0.05) is 19.8 Å². The van der Waals surface area contributed by atoms with Crippen molar-refractivity contribution in [2.24, 2.45) is 0 Å². The van der Waals surface area contributed by atoms with E-state index >= 15 is 0 Å². The molecule has 0 amide bonds. The van der Waals surface area contributed by atoms with Crippen molar-refractivity contribution in [3.05, 3.63) is 0 Å². The number of likely N-dealkylation sites (tertiary alicyclic amines) is 1. The highest BCUT2D eigenvalue weighted by atomic mass is 16.5. The van der Waals surface area contributed by atoms with Crippen LogP contribution in [0.5, 0.6) is 0 Å². The van der Waals surface area contributed by atoms with E-state index in [1.807, 2.05) is 7.05 Å². The summed E-state index contributed by atoms with van der Waals surface area (Å²) in [7, 11) is 2.00. The molecule has 0 aromatic heterocycles. The molecule has 82 valence electrons. The molecule has 1 saturated heterocycles. The molecular formula is C11H21NO2. The van der Waals surface area contributed by atoms with Gasteiger partial charge in [0.1, 0.15) is 6.04 Å². The first-order chi connectivity index (χ1) is 6.75. The molecule has 0 aromatic carbocycles. The summed E-state index contributed by atoms with van der Waals surface area (Å²) in [6.07, 6.45) is 5.37. The zero-order valence-electron chi connectivity index (χ0n) is 9.29. The summed E-state index contributed by atoms with van der Waals surface area (Å²) >= 11 is 0. The molecule has 0 aromatic rings. The lowest BCUT2D eigenvalue weighted by molar-refractivity contribution is -0.150. The van der Waals surface area contributed by atoms with Crippen LogP contribution in [0.1, 0.15) is 39.0 Å². The monoisotopic (exact) mass is 199 g/mol. The van der Waals surface area contributed by atoms with E-state index in [4.69, 9.17) is 4.74 Å². The minimum Gasteiger partial charge on any atom is -0.465 e. The topological polar surface area (TPSA) is 29.5 Å². The minimum atomic E-state index is -0.0272. The smallest absolute Gasteiger partial charge is 0.323 e. The summed E-state index contributed by atoms with van der Waals surface area (Å²) in [6, 6.07) is 0.0145. The van der Waals surface area contributed by atoms with Crippen molar-refractivity contribution in [3.8, 4) is 0 Å². The maximum Gasteiger partial charge on any atom is 0.323 e. The number of esters is 1. The van der Waals surface area contributed by atoms with E-state index < -0.39 is 0 Å². The molecule has 3 heteroatoms. The van der Waals surface area contributed by atoms with Crippen LogP contribution in [0.2, 0.25) is 0 Å². The summed E-state index contributed by atoms with van der Waals surface area (Å²) < 4.78 is 5.21. The van der Waals surface area contributed by atoms with Crippen LogP contribution in [0.15, 0.2) is 0 Å². The summed E-state index contributed by atoms with van der Waals surface area (Å²) in [4.78, 5) is 13.7. The Hall–Kier alpha value is -0.570. The molecule has 1 aliphatic heterocycles. The number of carbonyl (C=O) groups is 1. The van der Waals surface area contributed by atoms with Gasteiger partial charge >= 0.3 is 5.97 Å². The molecule has 1 fully saturated rings. The molecule has 1 heterocycles. The summed E-state index contributed by atoms with van der Waals surface area (Å²) in [5.41, 5.74) is 0. The van der Waals surface area contributed by atoms with E-state index in [9.17, 15) is 4.79 Å². The van der Waals surface area contributed by atoms with Gasteiger partial charge in [-0.2, -0.15) is 0 Å². The van der Waals surface area contributed by atoms with Crippen LogP contribution in [0.25, 0.3) is 0 Å². The fraction of sp³-hybridized carbons (Fsp3) is 0.909. The van der Waals surface area contributed by atoms with Crippen LogP contribution in [0.3, 0.4) is 0 Å². The lowest BCUT2D eigenvalue weighted by atomic mass is 10.0. The fourth-order valence-corrected chi connectivity index (χ4v) is 1.79. The van der Waals surface area contributed by atoms with Gasteiger partial charge in [0.15, 0.2) is 0 Å². The number of rotatable bonds is 4. The molecule has 0 spiro atoms. The summed E-state index contributed by atoms with van der Waals surface area (Å²) in [6.45, 7) is 3.70. The Morgan fingerprint density at radius 1 is 1.50 bits per heavy atom. The van der Waals surface area contributed by atoms with Crippen molar-refractivity contribution in [1.29, 1.82) is 0 Å². The average Bonchev–Trinajstić information content (AvgIpc) is 2.18. The molecular weight excluding hydrogens is 178 g/mol. The van der Waals surface area contributed by atoms with Gasteiger partial charge in [0.2, 0.25) is 0 Å². The van der Waals surface area contributed by atoms with Gasteiger partial charge in [-0.15, -0.1) is 0 Å². The lowest BCUT2D eigenvalue weighted by Gasteiger charge is -2.30. The van der Waals surface area contributed by atoms with E-state index in [0.29, 0.717) is 6.61 Å². The third-order valence-corrected chi connectivity index (χ3v) is 2.78. The first-order valence-corrected chi connectivity index (χ1v) is 5.62. The Kier molecular flexibility index (Phi) is 4.94. The Morgan fingerprint density at radius 2 is 2.29 bits per heavy atom. The van der Waals surface area contributed by atoms with Crippen molar-refractivity contribution < 1.29 is 9.53 Å². The normalized spacial score (nSPS) is 23.4. The van der Waals surface area contributed by atoms with E-state index in [1.54, 1.807) is 0 Å². The standard InChI is InChI=1S/C11H21NO2/c1-3-4-9-14-11(13)10-7-5-6-8-12(10)2/h10H,3-9H2,1-2H3. The largest absolute Gasteiger partial charge is 0.465 e. The van der Waals surface area contributed by atoms with Gasteiger partial charge in [-0.05, 0) is 32.9 Å². The van der Waals surface area contributed by atoms with Crippen molar-refractivity contribution in [2.45, 2.75) is 45.1 Å². The molecule has 1 aliphatic rings. The van der Waals surface area contributed by atoms with Crippen LogP contribution in [-0.2, 0) is 9.53 Å². The predicted octanol–water partition coefficient (Wildman–Crippen LogP) is 1.81. The van der Waals surface area contributed by atoms with E-state index in [2.05, 4.69) is 11.8 Å². The molecule has 1 unspecified atom stereocenters. The van der Waals surface area contributed by atoms with Crippen molar-refractivity contribution in [2.75, 3.05) is 20.2 Å². The third kappa shape index (κ3) is 3.29. The number of piperidine rings is 1. The summed E-state index contributed by atoms with van der Waals surface area (Å²) in [5.74, 6) is -0.0272. The summed E-state index contributed by atoms with van der Waals surface area (Å²) in [5, 5.41) is 0. The first kappa shape index (κ1) is 11.5. The maximum atomic E-state index is 11.6. The second-order valence-electron chi connectivity index (χ2n) is 4.01. The van der Waals surface area contributed by atoms with Crippen molar-refractivity contribution in [1.82, 2.24) is 4.90 Å². The van der Waals surface area contributed by atoms with Crippen molar-refractivity contribution >= 4 is 5.97 Å². The zero-order valence-corrected chi connectivity index (χ0v) is 9.29. The quantitative estimate of drug-likeness (QED) is 0.511. The molecule has 0 bridgehead atoms. The lowest BCUT2D eigenvalue weighted by Crippen LogP contribution is -2.42. The van der Waals surface area contributed by atoms with Gasteiger partial charge in [0.05, 0.1) is 6.61 Å². The van der Waals surface area contributed by atoms with Gasteiger partial charge < -0.3 is 4.74 Å². The molecule has 0 aliphatic carbocycles. The number of nitrogens with zero attached hydrogens (tertiary/aromatic N) is 1. The van der Waals surface area contributed by atoms with Crippen LogP contribution >= 0.6 is 0 Å². The molecule has 3 nitrogen and oxygen atoms in total. The Morgan fingerprint density at radius 3 is 2.93 bits per heavy atom. The van der Waals surface area contributed by atoms with E-state index in [1.165, 1.54) is 6.42 Å². The van der Waals surface area contributed by atoms with E-state index in [-0.39, 0.29) is 12.0 Å². The number of hydrogen-bond acceptors (Lipinski definition) is 3. The molecule has 1 atom stereocenters. The molecule has 1 rings (SSSR count). The predicted molar refractivity (Wildman–Crippen MR) is 56.1 cm³/mol. The SMILES string of the molecule is CCCCOC(=O)C1CCCCN1C. The number of likely N-dealkylation sites (N-methyl/N-ethyl adjacent to an activating group) is 1. The Bertz CT molecular complexity index is 182. The maximum absolute atomic E-state index is 11.6. The van der Waals surface area contributed by atoms with Crippen LogP contribution < -0.4 is 0 Å². The number of carbonyl (C=O) groups excluding carboxylic acids is 1. The second-order valence-corrected chi connectivity index (χ2v) is 4.01.